The van der Waals surface area contributed by atoms with Crippen molar-refractivity contribution in [2.75, 3.05) is 26.2 Å². The molecular formula is C11H14N2O2. The molecule has 1 aliphatic rings. The van der Waals surface area contributed by atoms with E-state index in [1.807, 2.05) is 26.1 Å². The van der Waals surface area contributed by atoms with E-state index in [-0.39, 0.29) is 0 Å². The minimum Gasteiger partial charge on any atom is -0.454 e. The molecule has 2 rings (SSSR count). The molecule has 0 saturated heterocycles. The van der Waals surface area contributed by atoms with Crippen molar-refractivity contribution in [3.05, 3.63) is 17.7 Å². The van der Waals surface area contributed by atoms with Gasteiger partial charge in [-0.1, -0.05) is 0 Å². The Hall–Kier alpha value is -1.71. The molecule has 0 spiro atoms. The summed E-state index contributed by atoms with van der Waals surface area (Å²) in [5, 5.41) is 3.12. The van der Waals surface area contributed by atoms with Gasteiger partial charge < -0.3 is 14.8 Å². The number of ether oxygens (including phenoxy) is 2. The van der Waals surface area contributed by atoms with Crippen LogP contribution in [0.5, 0.6) is 11.5 Å². The van der Waals surface area contributed by atoms with Crippen LogP contribution in [-0.4, -0.2) is 26.6 Å². The fourth-order valence-corrected chi connectivity index (χ4v) is 1.57. The third-order valence-corrected chi connectivity index (χ3v) is 2.51. The van der Waals surface area contributed by atoms with E-state index in [1.54, 1.807) is 7.05 Å². The maximum atomic E-state index is 5.33. The Bertz CT molecular complexity index is 413. The van der Waals surface area contributed by atoms with Crippen molar-refractivity contribution in [1.82, 2.24) is 0 Å². The number of hydrogen-bond donors (Lipinski definition) is 1. The van der Waals surface area contributed by atoms with E-state index in [0.29, 0.717) is 6.79 Å². The van der Waals surface area contributed by atoms with Crippen LogP contribution in [0.25, 0.3) is 0 Å². The summed E-state index contributed by atoms with van der Waals surface area (Å²) in [5.74, 6) is 1.57. The second-order valence-electron chi connectivity index (χ2n) is 3.31. The lowest BCUT2D eigenvalue weighted by molar-refractivity contribution is 0.174. The van der Waals surface area contributed by atoms with E-state index in [4.69, 9.17) is 9.47 Å². The summed E-state index contributed by atoms with van der Waals surface area (Å²) in [7, 11) is 3.66. The molecule has 0 fully saturated rings. The molecular weight excluding hydrogens is 192 g/mol. The van der Waals surface area contributed by atoms with Gasteiger partial charge in [0.15, 0.2) is 11.5 Å². The highest BCUT2D eigenvalue weighted by atomic mass is 16.7. The summed E-state index contributed by atoms with van der Waals surface area (Å²) in [5.41, 5.74) is 3.02. The van der Waals surface area contributed by atoms with Crippen molar-refractivity contribution in [2.24, 2.45) is 4.99 Å². The predicted molar refractivity (Wildman–Crippen MR) is 60.2 cm³/mol. The van der Waals surface area contributed by atoms with Crippen molar-refractivity contribution >= 4 is 11.4 Å². The molecule has 1 aromatic rings. The van der Waals surface area contributed by atoms with Crippen LogP contribution in [0.15, 0.2) is 17.1 Å². The zero-order valence-electron chi connectivity index (χ0n) is 9.13. The van der Waals surface area contributed by atoms with Gasteiger partial charge in [-0.05, 0) is 13.0 Å². The molecule has 0 aliphatic carbocycles. The Kier molecular flexibility index (Phi) is 2.49. The molecule has 0 radical (unpaired) electrons. The topological polar surface area (TPSA) is 42.9 Å². The summed E-state index contributed by atoms with van der Waals surface area (Å²) in [4.78, 5) is 4.17. The maximum absolute atomic E-state index is 5.33. The molecule has 0 atom stereocenters. The smallest absolute Gasteiger partial charge is 0.231 e. The van der Waals surface area contributed by atoms with E-state index in [1.165, 1.54) is 0 Å². The van der Waals surface area contributed by atoms with Gasteiger partial charge in [0.1, 0.15) is 0 Å². The van der Waals surface area contributed by atoms with Crippen LogP contribution in [0, 0.1) is 0 Å². The molecule has 0 bridgehead atoms. The predicted octanol–water partition coefficient (Wildman–Crippen LogP) is 1.90. The number of aliphatic imine (C=N–C) groups is 1. The molecule has 15 heavy (non-hydrogen) atoms. The number of hydrogen-bond acceptors (Lipinski definition) is 4. The number of rotatable bonds is 2. The Morgan fingerprint density at radius 3 is 2.60 bits per heavy atom. The van der Waals surface area contributed by atoms with Crippen LogP contribution >= 0.6 is 0 Å². The molecule has 0 saturated carbocycles. The Morgan fingerprint density at radius 1 is 1.33 bits per heavy atom. The quantitative estimate of drug-likeness (QED) is 0.751. The highest BCUT2D eigenvalue weighted by Crippen LogP contribution is 2.37. The first-order valence-corrected chi connectivity index (χ1v) is 4.81. The van der Waals surface area contributed by atoms with E-state index in [9.17, 15) is 0 Å². The number of fused-ring (bicyclic) bond motifs is 1. The van der Waals surface area contributed by atoms with E-state index < -0.39 is 0 Å². The first kappa shape index (κ1) is 9.83. The van der Waals surface area contributed by atoms with Gasteiger partial charge in [-0.25, -0.2) is 0 Å². The molecule has 0 amide bonds. The Labute approximate surface area is 88.9 Å². The van der Waals surface area contributed by atoms with Gasteiger partial charge in [-0.2, -0.15) is 0 Å². The lowest BCUT2D eigenvalue weighted by atomic mass is 10.1. The van der Waals surface area contributed by atoms with E-state index >= 15 is 0 Å². The van der Waals surface area contributed by atoms with Crippen molar-refractivity contribution in [3.63, 3.8) is 0 Å². The lowest BCUT2D eigenvalue weighted by Gasteiger charge is -2.09. The highest BCUT2D eigenvalue weighted by molar-refractivity contribution is 6.04. The van der Waals surface area contributed by atoms with Crippen LogP contribution in [0.2, 0.25) is 0 Å². The lowest BCUT2D eigenvalue weighted by Crippen LogP contribution is -2.01. The van der Waals surface area contributed by atoms with Crippen molar-refractivity contribution in [1.29, 1.82) is 0 Å². The average Bonchev–Trinajstić information content (AvgIpc) is 2.73. The Balaban J connectivity index is 2.53. The van der Waals surface area contributed by atoms with Crippen molar-refractivity contribution < 1.29 is 9.47 Å². The first-order chi connectivity index (χ1) is 7.26. The first-order valence-electron chi connectivity index (χ1n) is 4.81. The fourth-order valence-electron chi connectivity index (χ4n) is 1.57. The maximum Gasteiger partial charge on any atom is 0.231 e. The fraction of sp³-hybridized carbons (Fsp3) is 0.364. The summed E-state index contributed by atoms with van der Waals surface area (Å²) < 4.78 is 10.6. The molecule has 0 unspecified atom stereocenters. The SMILES string of the molecule is CN=C(C)c1cc2c(cc1NC)OCO2. The highest BCUT2D eigenvalue weighted by Gasteiger charge is 2.17. The van der Waals surface area contributed by atoms with Crippen LogP contribution in [0.3, 0.4) is 0 Å². The minimum atomic E-state index is 0.296. The Morgan fingerprint density at radius 2 is 2.00 bits per heavy atom. The van der Waals surface area contributed by atoms with Crippen molar-refractivity contribution in [2.45, 2.75) is 6.92 Å². The number of benzene rings is 1. The third kappa shape index (κ3) is 1.63. The summed E-state index contributed by atoms with van der Waals surface area (Å²) in [6, 6.07) is 3.89. The second-order valence-corrected chi connectivity index (χ2v) is 3.31. The number of nitrogens with zero attached hydrogens (tertiary/aromatic N) is 1. The molecule has 1 aliphatic heterocycles. The van der Waals surface area contributed by atoms with Gasteiger partial charge in [-0.15, -0.1) is 0 Å². The van der Waals surface area contributed by atoms with Crippen LogP contribution in [-0.2, 0) is 0 Å². The van der Waals surface area contributed by atoms with Crippen molar-refractivity contribution in [3.8, 4) is 11.5 Å². The summed E-state index contributed by atoms with van der Waals surface area (Å²) in [6.07, 6.45) is 0. The zero-order valence-corrected chi connectivity index (χ0v) is 9.13. The largest absolute Gasteiger partial charge is 0.454 e. The third-order valence-electron chi connectivity index (χ3n) is 2.51. The summed E-state index contributed by atoms with van der Waals surface area (Å²) >= 11 is 0. The van der Waals surface area contributed by atoms with Gasteiger partial charge in [-0.3, -0.25) is 4.99 Å². The van der Waals surface area contributed by atoms with Crippen LogP contribution in [0.4, 0.5) is 5.69 Å². The molecule has 1 N–H and O–H groups in total. The zero-order chi connectivity index (χ0) is 10.8. The minimum absolute atomic E-state index is 0.296. The van der Waals surface area contributed by atoms with Gasteiger partial charge in [0.25, 0.3) is 0 Å². The van der Waals surface area contributed by atoms with Gasteiger partial charge >= 0.3 is 0 Å². The number of anilines is 1. The summed E-state index contributed by atoms with van der Waals surface area (Å²) in [6.45, 7) is 2.27. The standard InChI is InChI=1S/C11H14N2O2/c1-7(12-2)8-4-10-11(15-6-14-10)5-9(8)13-3/h4-5,13H,6H2,1-3H3. The molecule has 4 nitrogen and oxygen atoms in total. The second kappa shape index (κ2) is 3.81. The van der Waals surface area contributed by atoms with E-state index in [0.717, 1.165) is 28.5 Å². The monoisotopic (exact) mass is 206 g/mol. The average molecular weight is 206 g/mol. The number of nitrogens with one attached hydrogen (secondary N) is 1. The molecule has 1 heterocycles. The molecule has 4 heteroatoms. The molecule has 80 valence electrons. The van der Waals surface area contributed by atoms with Gasteiger partial charge in [0, 0.05) is 37.1 Å². The van der Waals surface area contributed by atoms with E-state index in [2.05, 4.69) is 10.3 Å². The van der Waals surface area contributed by atoms with Crippen LogP contribution in [0.1, 0.15) is 12.5 Å². The van der Waals surface area contributed by atoms with Gasteiger partial charge in [0.2, 0.25) is 6.79 Å². The van der Waals surface area contributed by atoms with Gasteiger partial charge in [0.05, 0.1) is 0 Å². The normalized spacial score (nSPS) is 14.2. The molecule has 1 aromatic carbocycles. The van der Waals surface area contributed by atoms with Crippen LogP contribution < -0.4 is 14.8 Å². The molecule has 0 aromatic heterocycles.